The molecule has 7 heteroatoms. The normalized spacial score (nSPS) is 17.5. The molecule has 1 aliphatic heterocycles. The van der Waals surface area contributed by atoms with Crippen LogP contribution in [0.5, 0.6) is 5.75 Å². The van der Waals surface area contributed by atoms with Crippen molar-refractivity contribution in [1.82, 2.24) is 19.6 Å². The first-order valence-electron chi connectivity index (χ1n) is 8.84. The van der Waals surface area contributed by atoms with E-state index in [1.165, 1.54) is 0 Å². The summed E-state index contributed by atoms with van der Waals surface area (Å²) in [6.07, 6.45) is 2.55. The maximum Gasteiger partial charge on any atom is 0.278 e. The number of hydrogen-bond donors (Lipinski definition) is 0. The first-order chi connectivity index (χ1) is 12.5. The molecular formula is C19H24N4O3. The Morgan fingerprint density at radius 3 is 2.69 bits per heavy atom. The number of aromatic nitrogens is 2. The largest absolute Gasteiger partial charge is 0.489 e. The van der Waals surface area contributed by atoms with E-state index in [1.807, 2.05) is 44.2 Å². The Kier molecular flexibility index (Phi) is 5.25. The fourth-order valence-corrected chi connectivity index (χ4v) is 2.87. The summed E-state index contributed by atoms with van der Waals surface area (Å²) in [6.45, 7) is 4.97. The van der Waals surface area contributed by atoms with Gasteiger partial charge < -0.3 is 14.5 Å². The fourth-order valence-electron chi connectivity index (χ4n) is 2.87. The average molecular weight is 356 g/mol. The van der Waals surface area contributed by atoms with Crippen molar-refractivity contribution in [1.29, 1.82) is 0 Å². The number of ether oxygens (including phenoxy) is 1. The van der Waals surface area contributed by atoms with Crippen LogP contribution in [0.1, 0.15) is 30.8 Å². The molecule has 1 saturated heterocycles. The highest BCUT2D eigenvalue weighted by Gasteiger charge is 2.33. The SMILES string of the molecule is CCCOc1cn(-c2ccccc2)nc1C(=O)N1CC(=O)N(C)C(C)C1. The molecule has 1 aromatic carbocycles. The lowest BCUT2D eigenvalue weighted by molar-refractivity contribution is -0.136. The molecule has 138 valence electrons. The lowest BCUT2D eigenvalue weighted by Gasteiger charge is -2.36. The quantitative estimate of drug-likeness (QED) is 0.821. The highest BCUT2D eigenvalue weighted by Crippen LogP contribution is 2.23. The maximum atomic E-state index is 13.0. The summed E-state index contributed by atoms with van der Waals surface area (Å²) < 4.78 is 7.39. The first kappa shape index (κ1) is 18.0. The Morgan fingerprint density at radius 1 is 1.31 bits per heavy atom. The van der Waals surface area contributed by atoms with Crippen molar-refractivity contribution in [2.75, 3.05) is 26.7 Å². The van der Waals surface area contributed by atoms with E-state index < -0.39 is 0 Å². The number of benzene rings is 1. The molecule has 1 unspecified atom stereocenters. The molecule has 2 amide bonds. The van der Waals surface area contributed by atoms with Crippen LogP contribution < -0.4 is 4.74 Å². The van der Waals surface area contributed by atoms with Gasteiger partial charge in [0.1, 0.15) is 6.54 Å². The lowest BCUT2D eigenvalue weighted by atomic mass is 10.2. The molecule has 7 nitrogen and oxygen atoms in total. The summed E-state index contributed by atoms with van der Waals surface area (Å²) in [5, 5.41) is 4.45. The van der Waals surface area contributed by atoms with Crippen LogP contribution in [0.3, 0.4) is 0 Å². The molecule has 1 atom stereocenters. The zero-order valence-corrected chi connectivity index (χ0v) is 15.4. The van der Waals surface area contributed by atoms with Crippen LogP contribution in [0.25, 0.3) is 5.69 Å². The average Bonchev–Trinajstić information content (AvgIpc) is 3.08. The molecule has 0 aliphatic carbocycles. The Bertz CT molecular complexity index is 787. The van der Waals surface area contributed by atoms with Gasteiger partial charge in [-0.15, -0.1) is 0 Å². The topological polar surface area (TPSA) is 67.7 Å². The predicted molar refractivity (Wildman–Crippen MR) is 97.5 cm³/mol. The van der Waals surface area contributed by atoms with Gasteiger partial charge in [0.25, 0.3) is 5.91 Å². The number of nitrogens with zero attached hydrogens (tertiary/aromatic N) is 4. The van der Waals surface area contributed by atoms with Crippen molar-refractivity contribution in [3.8, 4) is 11.4 Å². The van der Waals surface area contributed by atoms with E-state index in [2.05, 4.69) is 5.10 Å². The van der Waals surface area contributed by atoms with E-state index in [-0.39, 0.29) is 30.1 Å². The minimum atomic E-state index is -0.279. The smallest absolute Gasteiger partial charge is 0.278 e. The Balaban J connectivity index is 1.91. The van der Waals surface area contributed by atoms with Gasteiger partial charge >= 0.3 is 0 Å². The van der Waals surface area contributed by atoms with Crippen molar-refractivity contribution in [2.24, 2.45) is 0 Å². The highest BCUT2D eigenvalue weighted by molar-refractivity contribution is 5.97. The summed E-state index contributed by atoms with van der Waals surface area (Å²) in [4.78, 5) is 28.3. The molecule has 2 aromatic rings. The van der Waals surface area contributed by atoms with Crippen molar-refractivity contribution in [2.45, 2.75) is 26.3 Å². The maximum absolute atomic E-state index is 13.0. The third-order valence-corrected chi connectivity index (χ3v) is 4.52. The van der Waals surface area contributed by atoms with Crippen LogP contribution in [-0.4, -0.2) is 64.2 Å². The second kappa shape index (κ2) is 7.59. The van der Waals surface area contributed by atoms with Gasteiger partial charge in [0, 0.05) is 19.6 Å². The third-order valence-electron chi connectivity index (χ3n) is 4.52. The molecule has 1 aliphatic rings. The van der Waals surface area contributed by atoms with Gasteiger partial charge in [0.05, 0.1) is 18.5 Å². The number of amides is 2. The summed E-state index contributed by atoms with van der Waals surface area (Å²) in [5.41, 5.74) is 1.09. The van der Waals surface area contributed by atoms with Crippen molar-refractivity contribution in [3.63, 3.8) is 0 Å². The number of carbonyl (C=O) groups is 2. The van der Waals surface area contributed by atoms with Gasteiger partial charge in [-0.3, -0.25) is 9.59 Å². The minimum Gasteiger partial charge on any atom is -0.489 e. The zero-order valence-electron chi connectivity index (χ0n) is 15.4. The van der Waals surface area contributed by atoms with Gasteiger partial charge in [0.2, 0.25) is 5.91 Å². The molecule has 0 bridgehead atoms. The van der Waals surface area contributed by atoms with Gasteiger partial charge in [-0.2, -0.15) is 5.10 Å². The number of rotatable bonds is 5. The van der Waals surface area contributed by atoms with Gasteiger partial charge in [-0.25, -0.2) is 4.68 Å². The predicted octanol–water partition coefficient (Wildman–Crippen LogP) is 1.96. The number of likely N-dealkylation sites (N-methyl/N-ethyl adjacent to an activating group) is 1. The number of hydrogen-bond acceptors (Lipinski definition) is 4. The number of carbonyl (C=O) groups excluding carboxylic acids is 2. The van der Waals surface area contributed by atoms with Crippen LogP contribution in [0.2, 0.25) is 0 Å². The summed E-state index contributed by atoms with van der Waals surface area (Å²) >= 11 is 0. The summed E-state index contributed by atoms with van der Waals surface area (Å²) in [5.74, 6) is 0.0921. The Labute approximate surface area is 153 Å². The molecule has 3 rings (SSSR count). The van der Waals surface area contributed by atoms with Crippen LogP contribution in [0, 0.1) is 0 Å². The van der Waals surface area contributed by atoms with Crippen LogP contribution in [0.4, 0.5) is 0 Å². The second-order valence-electron chi connectivity index (χ2n) is 6.51. The Morgan fingerprint density at radius 2 is 2.04 bits per heavy atom. The zero-order chi connectivity index (χ0) is 18.7. The van der Waals surface area contributed by atoms with E-state index in [0.717, 1.165) is 12.1 Å². The molecule has 1 aromatic heterocycles. The van der Waals surface area contributed by atoms with Crippen molar-refractivity contribution in [3.05, 3.63) is 42.2 Å². The molecule has 0 N–H and O–H groups in total. The standard InChI is InChI=1S/C19H24N4O3/c1-4-10-26-16-12-23(15-8-6-5-7-9-15)20-18(16)19(25)22-11-14(2)21(3)17(24)13-22/h5-9,12,14H,4,10-11,13H2,1-3H3. The van der Waals surface area contributed by atoms with Crippen molar-refractivity contribution < 1.29 is 14.3 Å². The summed E-state index contributed by atoms with van der Waals surface area (Å²) in [7, 11) is 1.76. The van der Waals surface area contributed by atoms with Crippen LogP contribution in [-0.2, 0) is 4.79 Å². The lowest BCUT2D eigenvalue weighted by Crippen LogP contribution is -2.55. The number of piperazine rings is 1. The summed E-state index contributed by atoms with van der Waals surface area (Å²) in [6, 6.07) is 9.53. The minimum absolute atomic E-state index is 0.0311. The Hall–Kier alpha value is -2.83. The van der Waals surface area contributed by atoms with E-state index in [9.17, 15) is 9.59 Å². The van der Waals surface area contributed by atoms with Gasteiger partial charge in [0.15, 0.2) is 11.4 Å². The third kappa shape index (κ3) is 3.56. The molecular weight excluding hydrogens is 332 g/mol. The molecule has 0 radical (unpaired) electrons. The highest BCUT2D eigenvalue weighted by atomic mass is 16.5. The fraction of sp³-hybridized carbons (Fsp3) is 0.421. The van der Waals surface area contributed by atoms with E-state index in [1.54, 1.807) is 27.7 Å². The molecule has 26 heavy (non-hydrogen) atoms. The van der Waals surface area contributed by atoms with E-state index in [4.69, 9.17) is 4.74 Å². The van der Waals surface area contributed by atoms with Gasteiger partial charge in [-0.05, 0) is 25.5 Å². The molecule has 0 spiro atoms. The van der Waals surface area contributed by atoms with Crippen LogP contribution in [0.15, 0.2) is 36.5 Å². The number of para-hydroxylation sites is 1. The van der Waals surface area contributed by atoms with Crippen LogP contribution >= 0.6 is 0 Å². The van der Waals surface area contributed by atoms with Crippen molar-refractivity contribution >= 4 is 11.8 Å². The molecule has 0 saturated carbocycles. The second-order valence-corrected chi connectivity index (χ2v) is 6.51. The molecule has 1 fully saturated rings. The van der Waals surface area contributed by atoms with E-state index >= 15 is 0 Å². The van der Waals surface area contributed by atoms with E-state index in [0.29, 0.717) is 18.9 Å². The molecule has 2 heterocycles. The first-order valence-corrected chi connectivity index (χ1v) is 8.84. The van der Waals surface area contributed by atoms with Gasteiger partial charge in [-0.1, -0.05) is 25.1 Å². The monoisotopic (exact) mass is 356 g/mol.